The molecule has 1 heterocycles. The summed E-state index contributed by atoms with van der Waals surface area (Å²) in [5.74, 6) is 0.410. The molecule has 1 aromatic heterocycles. The summed E-state index contributed by atoms with van der Waals surface area (Å²) in [7, 11) is 1.58. The molecule has 0 aliphatic heterocycles. The van der Waals surface area contributed by atoms with Gasteiger partial charge in [0.05, 0.1) is 5.69 Å². The molecule has 0 aliphatic rings. The maximum Gasteiger partial charge on any atom is 0.316 e. The van der Waals surface area contributed by atoms with Gasteiger partial charge in [-0.05, 0) is 6.42 Å². The van der Waals surface area contributed by atoms with Crippen LogP contribution in [0.5, 0.6) is 0 Å². The lowest BCUT2D eigenvalue weighted by molar-refractivity contribution is -0.136. The van der Waals surface area contributed by atoms with E-state index in [1.54, 1.807) is 13.2 Å². The van der Waals surface area contributed by atoms with Gasteiger partial charge in [-0.2, -0.15) is 0 Å². The summed E-state index contributed by atoms with van der Waals surface area (Å²) >= 11 is 1.35. The molecule has 5 nitrogen and oxygen atoms in total. The SMILES string of the molecule is CCC(SCc1cc(COC)on1)C(=O)O. The highest BCUT2D eigenvalue weighted by molar-refractivity contribution is 7.99. The van der Waals surface area contributed by atoms with E-state index in [1.807, 2.05) is 6.92 Å². The molecular weight excluding hydrogens is 230 g/mol. The van der Waals surface area contributed by atoms with Crippen LogP contribution < -0.4 is 0 Å². The first-order valence-corrected chi connectivity index (χ1v) is 6.00. The van der Waals surface area contributed by atoms with Crippen molar-refractivity contribution in [1.29, 1.82) is 0 Å². The van der Waals surface area contributed by atoms with Gasteiger partial charge in [0.25, 0.3) is 0 Å². The number of aromatic nitrogens is 1. The molecule has 0 aromatic carbocycles. The van der Waals surface area contributed by atoms with Crippen molar-refractivity contribution in [2.45, 2.75) is 31.0 Å². The lowest BCUT2D eigenvalue weighted by Gasteiger charge is -2.06. The Hall–Kier alpha value is -1.01. The van der Waals surface area contributed by atoms with Gasteiger partial charge in [-0.1, -0.05) is 12.1 Å². The predicted molar refractivity (Wildman–Crippen MR) is 60.2 cm³/mol. The average molecular weight is 245 g/mol. The predicted octanol–water partition coefficient (Wildman–Crippen LogP) is 1.92. The van der Waals surface area contributed by atoms with E-state index < -0.39 is 5.97 Å². The topological polar surface area (TPSA) is 72.6 Å². The highest BCUT2D eigenvalue weighted by atomic mass is 32.2. The standard InChI is InChI=1S/C10H15NO4S/c1-3-9(10(12)13)16-6-7-4-8(5-14-2)15-11-7/h4,9H,3,5-6H2,1-2H3,(H,12,13). The second kappa shape index (κ2) is 6.55. The number of ether oxygens (including phenoxy) is 1. The quantitative estimate of drug-likeness (QED) is 0.791. The molecule has 1 rings (SSSR count). The van der Waals surface area contributed by atoms with Crippen LogP contribution in [-0.4, -0.2) is 28.6 Å². The summed E-state index contributed by atoms with van der Waals surface area (Å²) in [5, 5.41) is 12.3. The maximum absolute atomic E-state index is 10.8. The molecule has 0 spiro atoms. The van der Waals surface area contributed by atoms with Gasteiger partial charge in [-0.25, -0.2) is 0 Å². The van der Waals surface area contributed by atoms with Crippen LogP contribution in [-0.2, 0) is 21.9 Å². The Labute approximate surface area is 98.1 Å². The van der Waals surface area contributed by atoms with E-state index in [1.165, 1.54) is 11.8 Å². The minimum atomic E-state index is -0.784. The molecular formula is C10H15NO4S. The fraction of sp³-hybridized carbons (Fsp3) is 0.600. The summed E-state index contributed by atoms with van der Waals surface area (Å²) in [4.78, 5) is 10.8. The smallest absolute Gasteiger partial charge is 0.316 e. The summed E-state index contributed by atoms with van der Waals surface area (Å²) in [5.41, 5.74) is 0.747. The molecule has 0 saturated carbocycles. The molecule has 1 N–H and O–H groups in total. The van der Waals surface area contributed by atoms with Crippen LogP contribution in [0.4, 0.5) is 0 Å². The van der Waals surface area contributed by atoms with Crippen molar-refractivity contribution in [1.82, 2.24) is 5.16 Å². The first-order valence-electron chi connectivity index (χ1n) is 4.95. The number of rotatable bonds is 7. The van der Waals surface area contributed by atoms with E-state index >= 15 is 0 Å². The number of carboxylic acid groups (broad SMARTS) is 1. The Morgan fingerprint density at radius 1 is 1.75 bits per heavy atom. The fourth-order valence-electron chi connectivity index (χ4n) is 1.18. The maximum atomic E-state index is 10.8. The van der Waals surface area contributed by atoms with Gasteiger partial charge < -0.3 is 14.4 Å². The average Bonchev–Trinajstić information content (AvgIpc) is 2.67. The van der Waals surface area contributed by atoms with Crippen molar-refractivity contribution in [3.05, 3.63) is 17.5 Å². The number of hydrogen-bond acceptors (Lipinski definition) is 5. The van der Waals surface area contributed by atoms with Crippen LogP contribution in [0.2, 0.25) is 0 Å². The number of carboxylic acids is 1. The van der Waals surface area contributed by atoms with Gasteiger partial charge in [0.1, 0.15) is 11.9 Å². The van der Waals surface area contributed by atoms with Crippen molar-refractivity contribution in [3.63, 3.8) is 0 Å². The Morgan fingerprint density at radius 3 is 3.06 bits per heavy atom. The van der Waals surface area contributed by atoms with Gasteiger partial charge >= 0.3 is 5.97 Å². The van der Waals surface area contributed by atoms with Gasteiger partial charge in [0.2, 0.25) is 0 Å². The second-order valence-corrected chi connectivity index (χ2v) is 4.45. The van der Waals surface area contributed by atoms with Crippen LogP contribution in [0.25, 0.3) is 0 Å². The number of nitrogens with zero attached hydrogens (tertiary/aromatic N) is 1. The molecule has 1 atom stereocenters. The summed E-state index contributed by atoms with van der Waals surface area (Å²) < 4.78 is 9.89. The Kier molecular flexibility index (Phi) is 5.34. The van der Waals surface area contributed by atoms with Crippen molar-refractivity contribution in [3.8, 4) is 0 Å². The zero-order chi connectivity index (χ0) is 12.0. The molecule has 0 bridgehead atoms. The molecule has 16 heavy (non-hydrogen) atoms. The van der Waals surface area contributed by atoms with Gasteiger partial charge in [-0.3, -0.25) is 4.79 Å². The molecule has 0 aliphatic carbocycles. The van der Waals surface area contributed by atoms with Crippen LogP contribution in [0, 0.1) is 0 Å². The number of aliphatic carboxylic acids is 1. The lowest BCUT2D eigenvalue weighted by atomic mass is 10.3. The Balaban J connectivity index is 2.44. The van der Waals surface area contributed by atoms with E-state index in [2.05, 4.69) is 5.16 Å². The minimum Gasteiger partial charge on any atom is -0.480 e. The van der Waals surface area contributed by atoms with Crippen molar-refractivity contribution in [2.24, 2.45) is 0 Å². The van der Waals surface area contributed by atoms with Gasteiger partial charge in [0, 0.05) is 18.9 Å². The van der Waals surface area contributed by atoms with E-state index in [0.29, 0.717) is 24.5 Å². The molecule has 0 radical (unpaired) electrons. The van der Waals surface area contributed by atoms with E-state index in [0.717, 1.165) is 5.69 Å². The highest BCUT2D eigenvalue weighted by Crippen LogP contribution is 2.20. The Bertz CT molecular complexity index is 339. The number of carbonyl (C=O) groups is 1. The van der Waals surface area contributed by atoms with Gasteiger partial charge in [0.15, 0.2) is 5.76 Å². The van der Waals surface area contributed by atoms with Crippen LogP contribution in [0.3, 0.4) is 0 Å². The van der Waals surface area contributed by atoms with Crippen molar-refractivity contribution in [2.75, 3.05) is 7.11 Å². The number of thioether (sulfide) groups is 1. The third-order valence-electron chi connectivity index (χ3n) is 1.97. The number of methoxy groups -OCH3 is 1. The monoisotopic (exact) mass is 245 g/mol. The third-order valence-corrected chi connectivity index (χ3v) is 3.37. The summed E-state index contributed by atoms with van der Waals surface area (Å²) in [6, 6.07) is 1.78. The normalized spacial score (nSPS) is 12.6. The molecule has 0 saturated heterocycles. The van der Waals surface area contributed by atoms with Crippen molar-refractivity contribution >= 4 is 17.7 Å². The van der Waals surface area contributed by atoms with Crippen LogP contribution in [0.1, 0.15) is 24.8 Å². The van der Waals surface area contributed by atoms with Crippen molar-refractivity contribution < 1.29 is 19.2 Å². The highest BCUT2D eigenvalue weighted by Gasteiger charge is 2.16. The first-order chi connectivity index (χ1) is 7.67. The van der Waals surface area contributed by atoms with Crippen LogP contribution in [0.15, 0.2) is 10.6 Å². The fourth-order valence-corrected chi connectivity index (χ4v) is 2.07. The van der Waals surface area contributed by atoms with E-state index in [9.17, 15) is 4.79 Å². The molecule has 6 heteroatoms. The molecule has 1 unspecified atom stereocenters. The minimum absolute atomic E-state index is 0.383. The summed E-state index contributed by atoms with van der Waals surface area (Å²) in [6.45, 7) is 2.23. The molecule has 1 aromatic rings. The first kappa shape index (κ1) is 13.1. The molecule has 0 amide bonds. The number of hydrogen-bond donors (Lipinski definition) is 1. The molecule has 90 valence electrons. The Morgan fingerprint density at radius 2 is 2.50 bits per heavy atom. The van der Waals surface area contributed by atoms with E-state index in [-0.39, 0.29) is 5.25 Å². The zero-order valence-electron chi connectivity index (χ0n) is 9.30. The van der Waals surface area contributed by atoms with Gasteiger partial charge in [-0.15, -0.1) is 11.8 Å². The zero-order valence-corrected chi connectivity index (χ0v) is 10.1. The van der Waals surface area contributed by atoms with E-state index in [4.69, 9.17) is 14.4 Å². The lowest BCUT2D eigenvalue weighted by Crippen LogP contribution is -2.15. The third kappa shape index (κ3) is 3.86. The summed E-state index contributed by atoms with van der Waals surface area (Å²) in [6.07, 6.45) is 0.600. The van der Waals surface area contributed by atoms with Crippen LogP contribution >= 0.6 is 11.8 Å². The largest absolute Gasteiger partial charge is 0.480 e. The second-order valence-electron chi connectivity index (χ2n) is 3.26. The molecule has 0 fully saturated rings.